The monoisotopic (exact) mass is 222 g/mol. The Morgan fingerprint density at radius 2 is 1.73 bits per heavy atom. The van der Waals surface area contributed by atoms with Gasteiger partial charge in [0.2, 0.25) is 0 Å². The molecule has 1 aromatic carbocycles. The Labute approximate surface area is 95.8 Å². The maximum Gasteiger partial charge on any atom is 0.190 e. The molecule has 0 aromatic heterocycles. The molecule has 0 fully saturated rings. The molecule has 0 unspecified atom stereocenters. The van der Waals surface area contributed by atoms with Crippen LogP contribution < -0.4 is 0 Å². The second kappa shape index (κ2) is 5.72. The van der Waals surface area contributed by atoms with Gasteiger partial charge in [-0.2, -0.15) is 0 Å². The van der Waals surface area contributed by atoms with Gasteiger partial charge >= 0.3 is 0 Å². The van der Waals surface area contributed by atoms with Gasteiger partial charge in [-0.05, 0) is 12.8 Å². The van der Waals surface area contributed by atoms with Crippen molar-refractivity contribution in [2.75, 3.05) is 0 Å². The summed E-state index contributed by atoms with van der Waals surface area (Å²) >= 11 is 6.03. The van der Waals surface area contributed by atoms with Crippen molar-refractivity contribution in [3.8, 4) is 0 Å². The van der Waals surface area contributed by atoms with E-state index in [4.69, 9.17) is 11.6 Å². The number of ketones is 1. The third kappa shape index (κ3) is 2.93. The highest BCUT2D eigenvalue weighted by atomic mass is 35.5. The predicted octanol–water partition coefficient (Wildman–Crippen LogP) is 4.18. The Bertz CT molecular complexity index is 365. The number of hydrogen-bond acceptors (Lipinski definition) is 1. The molecule has 0 radical (unpaired) electrons. The minimum absolute atomic E-state index is 0.0463. The fraction of sp³-hybridized carbons (Fsp3) is 0.308. The molecule has 0 aliphatic heterocycles. The van der Waals surface area contributed by atoms with Crippen LogP contribution >= 0.6 is 11.6 Å². The molecule has 0 N–H and O–H groups in total. The fourth-order valence-electron chi connectivity index (χ4n) is 1.45. The number of allylic oxidation sites excluding steroid dienone is 2. The van der Waals surface area contributed by atoms with Gasteiger partial charge in [0, 0.05) is 16.2 Å². The molecule has 0 atom stereocenters. The zero-order valence-corrected chi connectivity index (χ0v) is 9.84. The van der Waals surface area contributed by atoms with Gasteiger partial charge in [0.1, 0.15) is 0 Å². The average Bonchev–Trinajstić information content (AvgIpc) is 2.30. The molecule has 0 saturated heterocycles. The maximum absolute atomic E-state index is 12.0. The molecule has 0 aliphatic rings. The molecule has 0 amide bonds. The molecule has 15 heavy (non-hydrogen) atoms. The van der Waals surface area contributed by atoms with E-state index in [2.05, 4.69) is 0 Å². The van der Waals surface area contributed by atoms with Gasteiger partial charge in [0.05, 0.1) is 0 Å². The van der Waals surface area contributed by atoms with E-state index < -0.39 is 0 Å². The van der Waals surface area contributed by atoms with Crippen LogP contribution in [0.1, 0.15) is 37.0 Å². The highest BCUT2D eigenvalue weighted by molar-refractivity contribution is 6.32. The lowest BCUT2D eigenvalue weighted by Crippen LogP contribution is -2.04. The zero-order valence-electron chi connectivity index (χ0n) is 9.09. The Morgan fingerprint density at radius 1 is 1.13 bits per heavy atom. The predicted molar refractivity (Wildman–Crippen MR) is 64.2 cm³/mol. The Kier molecular flexibility index (Phi) is 4.57. The average molecular weight is 223 g/mol. The number of Topliss-reactive ketones (excluding diaryl/α,β-unsaturated/α-hetero) is 1. The van der Waals surface area contributed by atoms with Gasteiger partial charge in [-0.3, -0.25) is 4.79 Å². The van der Waals surface area contributed by atoms with Crippen LogP contribution in [0.3, 0.4) is 0 Å². The Morgan fingerprint density at radius 3 is 2.20 bits per heavy atom. The standard InChI is InChI=1S/C13H15ClO/c1-3-11(12(14)4-2)13(15)10-8-6-5-7-9-10/h5-9H,3-4H2,1-2H3/b12-11+. The largest absolute Gasteiger partial charge is 0.289 e. The van der Waals surface area contributed by atoms with Crippen molar-refractivity contribution in [1.82, 2.24) is 0 Å². The first kappa shape index (κ1) is 12.0. The first-order valence-corrected chi connectivity index (χ1v) is 5.55. The summed E-state index contributed by atoms with van der Waals surface area (Å²) in [4.78, 5) is 12.0. The molecule has 80 valence electrons. The van der Waals surface area contributed by atoms with Crippen LogP contribution in [0, 0.1) is 0 Å². The van der Waals surface area contributed by atoms with E-state index in [-0.39, 0.29) is 5.78 Å². The highest BCUT2D eigenvalue weighted by Gasteiger charge is 2.13. The molecule has 0 spiro atoms. The molecular weight excluding hydrogens is 208 g/mol. The molecule has 1 nitrogen and oxygen atoms in total. The Hall–Kier alpha value is -1.08. The lowest BCUT2D eigenvalue weighted by atomic mass is 10.0. The van der Waals surface area contributed by atoms with Crippen LogP contribution in [-0.4, -0.2) is 5.78 Å². The fourth-order valence-corrected chi connectivity index (χ4v) is 1.67. The smallest absolute Gasteiger partial charge is 0.190 e. The number of halogens is 1. The molecule has 1 rings (SSSR count). The van der Waals surface area contributed by atoms with Crippen molar-refractivity contribution in [3.63, 3.8) is 0 Å². The summed E-state index contributed by atoms with van der Waals surface area (Å²) in [6, 6.07) is 9.25. The number of carbonyl (C=O) groups is 1. The number of hydrogen-bond donors (Lipinski definition) is 0. The van der Waals surface area contributed by atoms with E-state index in [1.807, 2.05) is 44.2 Å². The van der Waals surface area contributed by atoms with Crippen LogP contribution in [0.25, 0.3) is 0 Å². The second-order valence-electron chi connectivity index (χ2n) is 3.29. The molecule has 0 aliphatic carbocycles. The SMILES string of the molecule is CC/C(Cl)=C(/CC)C(=O)c1ccccc1. The summed E-state index contributed by atoms with van der Waals surface area (Å²) in [5.74, 6) is 0.0463. The van der Waals surface area contributed by atoms with E-state index in [1.54, 1.807) is 0 Å². The lowest BCUT2D eigenvalue weighted by Gasteiger charge is -2.06. The van der Waals surface area contributed by atoms with Crippen LogP contribution in [-0.2, 0) is 0 Å². The zero-order chi connectivity index (χ0) is 11.3. The normalized spacial score (nSPS) is 12.2. The first-order chi connectivity index (χ1) is 7.20. The second-order valence-corrected chi connectivity index (χ2v) is 3.74. The first-order valence-electron chi connectivity index (χ1n) is 5.18. The summed E-state index contributed by atoms with van der Waals surface area (Å²) in [6.07, 6.45) is 1.39. The highest BCUT2D eigenvalue weighted by Crippen LogP contribution is 2.20. The van der Waals surface area contributed by atoms with Crippen molar-refractivity contribution in [2.24, 2.45) is 0 Å². The molecular formula is C13H15ClO. The van der Waals surface area contributed by atoms with Crippen LogP contribution in [0.15, 0.2) is 40.9 Å². The van der Waals surface area contributed by atoms with E-state index in [9.17, 15) is 4.79 Å². The van der Waals surface area contributed by atoms with E-state index in [0.717, 1.165) is 5.57 Å². The molecule has 0 heterocycles. The summed E-state index contributed by atoms with van der Waals surface area (Å²) in [5.41, 5.74) is 1.44. The molecule has 1 aromatic rings. The van der Waals surface area contributed by atoms with Crippen molar-refractivity contribution >= 4 is 17.4 Å². The summed E-state index contributed by atoms with van der Waals surface area (Å²) in [5, 5.41) is 0.673. The van der Waals surface area contributed by atoms with Gasteiger partial charge < -0.3 is 0 Å². The van der Waals surface area contributed by atoms with Gasteiger partial charge in [0.15, 0.2) is 5.78 Å². The third-order valence-corrected chi connectivity index (χ3v) is 2.80. The van der Waals surface area contributed by atoms with Crippen molar-refractivity contribution in [1.29, 1.82) is 0 Å². The van der Waals surface area contributed by atoms with E-state index >= 15 is 0 Å². The lowest BCUT2D eigenvalue weighted by molar-refractivity contribution is 0.103. The van der Waals surface area contributed by atoms with Gasteiger partial charge in [0.25, 0.3) is 0 Å². The van der Waals surface area contributed by atoms with E-state index in [1.165, 1.54) is 0 Å². The van der Waals surface area contributed by atoms with Crippen LogP contribution in [0.2, 0.25) is 0 Å². The minimum Gasteiger partial charge on any atom is -0.289 e. The van der Waals surface area contributed by atoms with Crippen molar-refractivity contribution in [3.05, 3.63) is 46.5 Å². The van der Waals surface area contributed by atoms with Gasteiger partial charge in [-0.15, -0.1) is 0 Å². The summed E-state index contributed by atoms with van der Waals surface area (Å²) in [6.45, 7) is 3.91. The number of carbonyl (C=O) groups excluding carboxylic acids is 1. The van der Waals surface area contributed by atoms with Crippen LogP contribution in [0.5, 0.6) is 0 Å². The minimum atomic E-state index is 0.0463. The topological polar surface area (TPSA) is 17.1 Å². The maximum atomic E-state index is 12.0. The third-order valence-electron chi connectivity index (χ3n) is 2.30. The summed E-state index contributed by atoms with van der Waals surface area (Å²) in [7, 11) is 0. The quantitative estimate of drug-likeness (QED) is 0.552. The van der Waals surface area contributed by atoms with Crippen molar-refractivity contribution < 1.29 is 4.79 Å². The van der Waals surface area contributed by atoms with Crippen molar-refractivity contribution in [2.45, 2.75) is 26.7 Å². The Balaban J connectivity index is 3.04. The van der Waals surface area contributed by atoms with Gasteiger partial charge in [-0.25, -0.2) is 0 Å². The molecule has 2 heteroatoms. The van der Waals surface area contributed by atoms with Crippen LogP contribution in [0.4, 0.5) is 0 Å². The van der Waals surface area contributed by atoms with E-state index in [0.29, 0.717) is 23.4 Å². The summed E-state index contributed by atoms with van der Waals surface area (Å²) < 4.78 is 0. The van der Waals surface area contributed by atoms with Gasteiger partial charge in [-0.1, -0.05) is 55.8 Å². The number of benzene rings is 1. The molecule has 0 bridgehead atoms. The molecule has 0 saturated carbocycles. The number of rotatable bonds is 4.